The fraction of sp³-hybridized carbons (Fsp3) is 0.429. The SMILES string of the molecule is CON=C(C(N)=O)C(=O)NCCC#N. The van der Waals surface area contributed by atoms with E-state index in [9.17, 15) is 9.59 Å². The summed E-state index contributed by atoms with van der Waals surface area (Å²) in [4.78, 5) is 26.0. The third kappa shape index (κ3) is 4.06. The third-order valence-corrected chi connectivity index (χ3v) is 1.15. The molecule has 0 aromatic heterocycles. The van der Waals surface area contributed by atoms with Gasteiger partial charge >= 0.3 is 0 Å². The molecule has 0 aliphatic carbocycles. The van der Waals surface area contributed by atoms with Crippen molar-refractivity contribution in [1.82, 2.24) is 5.32 Å². The number of carbonyl (C=O) groups is 2. The summed E-state index contributed by atoms with van der Waals surface area (Å²) < 4.78 is 0. The van der Waals surface area contributed by atoms with Gasteiger partial charge in [0.05, 0.1) is 12.5 Å². The molecule has 7 nitrogen and oxygen atoms in total. The molecule has 0 rings (SSSR count). The number of oxime groups is 1. The number of carbonyl (C=O) groups excluding carboxylic acids is 2. The Balaban J connectivity index is 4.26. The summed E-state index contributed by atoms with van der Waals surface area (Å²) >= 11 is 0. The Bertz CT molecular complexity index is 292. The lowest BCUT2D eigenvalue weighted by Gasteiger charge is -2.01. The molecule has 0 fully saturated rings. The average Bonchev–Trinajstić information content (AvgIpc) is 2.13. The van der Waals surface area contributed by atoms with Gasteiger partial charge in [-0.15, -0.1) is 0 Å². The zero-order valence-corrected chi connectivity index (χ0v) is 7.61. The van der Waals surface area contributed by atoms with Crippen molar-refractivity contribution in [2.45, 2.75) is 6.42 Å². The topological polar surface area (TPSA) is 118 Å². The molecular formula is C7H10N4O3. The standard InChI is InChI=1S/C7H10N4O3/c1-14-11-5(6(9)12)7(13)10-4-2-3-8/h2,4H2,1H3,(H2,9,12)(H,10,13). The predicted octanol–water partition coefficient (Wildman–Crippen LogP) is -1.50. The van der Waals surface area contributed by atoms with Crippen molar-refractivity contribution >= 4 is 17.5 Å². The van der Waals surface area contributed by atoms with Gasteiger partial charge in [-0.2, -0.15) is 5.26 Å². The van der Waals surface area contributed by atoms with Gasteiger partial charge < -0.3 is 15.9 Å². The summed E-state index contributed by atoms with van der Waals surface area (Å²) in [5.41, 5.74) is 4.33. The second kappa shape index (κ2) is 6.42. The lowest BCUT2D eigenvalue weighted by molar-refractivity contribution is -0.117. The van der Waals surface area contributed by atoms with E-state index in [0.29, 0.717) is 0 Å². The van der Waals surface area contributed by atoms with Crippen molar-refractivity contribution in [2.24, 2.45) is 10.9 Å². The lowest BCUT2D eigenvalue weighted by Crippen LogP contribution is -2.39. The minimum atomic E-state index is -0.985. The Morgan fingerprint density at radius 3 is 2.71 bits per heavy atom. The highest BCUT2D eigenvalue weighted by Gasteiger charge is 2.17. The van der Waals surface area contributed by atoms with E-state index >= 15 is 0 Å². The van der Waals surface area contributed by atoms with E-state index in [1.54, 1.807) is 0 Å². The molecule has 0 atom stereocenters. The van der Waals surface area contributed by atoms with Crippen molar-refractivity contribution in [3.8, 4) is 6.07 Å². The Hall–Kier alpha value is -2.10. The number of primary amides is 1. The van der Waals surface area contributed by atoms with Crippen molar-refractivity contribution in [3.63, 3.8) is 0 Å². The number of amides is 2. The smallest absolute Gasteiger partial charge is 0.279 e. The van der Waals surface area contributed by atoms with Gasteiger partial charge in [0.1, 0.15) is 7.11 Å². The van der Waals surface area contributed by atoms with Gasteiger partial charge in [-0.1, -0.05) is 5.16 Å². The summed E-state index contributed by atoms with van der Waals surface area (Å²) in [6.45, 7) is 0.130. The Morgan fingerprint density at radius 2 is 2.29 bits per heavy atom. The summed E-state index contributed by atoms with van der Waals surface area (Å²) in [5, 5.41) is 13.6. The zero-order valence-electron chi connectivity index (χ0n) is 7.61. The monoisotopic (exact) mass is 198 g/mol. The summed E-state index contributed by atoms with van der Waals surface area (Å²) in [7, 11) is 1.19. The van der Waals surface area contributed by atoms with Gasteiger partial charge in [-0.25, -0.2) is 0 Å². The van der Waals surface area contributed by atoms with Gasteiger partial charge in [-0.05, 0) is 0 Å². The molecule has 0 saturated carbocycles. The normalized spacial score (nSPS) is 10.1. The molecule has 0 heterocycles. The van der Waals surface area contributed by atoms with Crippen LogP contribution in [0.15, 0.2) is 5.16 Å². The van der Waals surface area contributed by atoms with E-state index in [1.807, 2.05) is 6.07 Å². The largest absolute Gasteiger partial charge is 0.398 e. The molecule has 0 bridgehead atoms. The van der Waals surface area contributed by atoms with Crippen LogP contribution in [0.2, 0.25) is 0 Å². The van der Waals surface area contributed by atoms with E-state index < -0.39 is 17.5 Å². The van der Waals surface area contributed by atoms with Crippen LogP contribution < -0.4 is 11.1 Å². The van der Waals surface area contributed by atoms with Crippen molar-refractivity contribution in [1.29, 1.82) is 5.26 Å². The number of nitrogens with two attached hydrogens (primary N) is 1. The summed E-state index contributed by atoms with van der Waals surface area (Å²) in [6.07, 6.45) is 0.144. The first-order chi connectivity index (χ1) is 6.63. The van der Waals surface area contributed by atoms with Crippen LogP contribution in [0.4, 0.5) is 0 Å². The molecule has 14 heavy (non-hydrogen) atoms. The van der Waals surface area contributed by atoms with E-state index in [2.05, 4.69) is 15.3 Å². The van der Waals surface area contributed by atoms with Crippen molar-refractivity contribution in [3.05, 3.63) is 0 Å². The second-order valence-electron chi connectivity index (χ2n) is 2.15. The number of nitriles is 1. The fourth-order valence-corrected chi connectivity index (χ4v) is 0.605. The minimum Gasteiger partial charge on any atom is -0.398 e. The maximum absolute atomic E-state index is 11.1. The van der Waals surface area contributed by atoms with Gasteiger partial charge in [-0.3, -0.25) is 9.59 Å². The van der Waals surface area contributed by atoms with E-state index in [0.717, 1.165) is 0 Å². The van der Waals surface area contributed by atoms with Crippen molar-refractivity contribution < 1.29 is 14.4 Å². The molecule has 0 aromatic carbocycles. The predicted molar refractivity (Wildman–Crippen MR) is 46.9 cm³/mol. The molecule has 76 valence electrons. The highest BCUT2D eigenvalue weighted by atomic mass is 16.6. The van der Waals surface area contributed by atoms with Gasteiger partial charge in [0, 0.05) is 6.54 Å². The average molecular weight is 198 g/mol. The van der Waals surface area contributed by atoms with Gasteiger partial charge in [0.15, 0.2) is 0 Å². The van der Waals surface area contributed by atoms with Crippen LogP contribution in [-0.4, -0.2) is 31.2 Å². The van der Waals surface area contributed by atoms with Gasteiger partial charge in [0.2, 0.25) is 5.71 Å². The molecule has 0 spiro atoms. The summed E-state index contributed by atoms with van der Waals surface area (Å²) in [5.74, 6) is -1.74. The Morgan fingerprint density at radius 1 is 1.64 bits per heavy atom. The first kappa shape index (κ1) is 11.9. The Labute approximate surface area is 80.5 Å². The zero-order chi connectivity index (χ0) is 11.0. The number of hydrogen-bond acceptors (Lipinski definition) is 5. The molecule has 0 radical (unpaired) electrons. The molecule has 0 aliphatic rings. The fourth-order valence-electron chi connectivity index (χ4n) is 0.605. The summed E-state index contributed by atoms with van der Waals surface area (Å²) in [6, 6.07) is 1.82. The molecule has 3 N–H and O–H groups in total. The van der Waals surface area contributed by atoms with E-state index in [4.69, 9.17) is 11.0 Å². The second-order valence-corrected chi connectivity index (χ2v) is 2.15. The lowest BCUT2D eigenvalue weighted by atomic mass is 10.3. The minimum absolute atomic E-state index is 0.130. The maximum Gasteiger partial charge on any atom is 0.279 e. The number of nitrogens with one attached hydrogen (secondary N) is 1. The van der Waals surface area contributed by atoms with E-state index in [1.165, 1.54) is 7.11 Å². The maximum atomic E-state index is 11.1. The first-order valence-electron chi connectivity index (χ1n) is 3.69. The van der Waals surface area contributed by atoms with Crippen LogP contribution in [0.25, 0.3) is 0 Å². The number of nitrogens with zero attached hydrogens (tertiary/aromatic N) is 2. The van der Waals surface area contributed by atoms with Crippen LogP contribution in [0.3, 0.4) is 0 Å². The van der Waals surface area contributed by atoms with Crippen LogP contribution in [0.5, 0.6) is 0 Å². The highest BCUT2D eigenvalue weighted by molar-refractivity contribution is 6.64. The van der Waals surface area contributed by atoms with Crippen LogP contribution >= 0.6 is 0 Å². The van der Waals surface area contributed by atoms with E-state index in [-0.39, 0.29) is 13.0 Å². The third-order valence-electron chi connectivity index (χ3n) is 1.15. The molecule has 2 amide bonds. The van der Waals surface area contributed by atoms with Crippen LogP contribution in [-0.2, 0) is 14.4 Å². The molecule has 0 aliphatic heterocycles. The number of rotatable bonds is 5. The van der Waals surface area contributed by atoms with Crippen molar-refractivity contribution in [2.75, 3.05) is 13.7 Å². The first-order valence-corrected chi connectivity index (χ1v) is 3.69. The molecular weight excluding hydrogens is 188 g/mol. The number of hydrogen-bond donors (Lipinski definition) is 2. The molecule has 7 heteroatoms. The highest BCUT2D eigenvalue weighted by Crippen LogP contribution is 1.81. The van der Waals surface area contributed by atoms with Crippen LogP contribution in [0, 0.1) is 11.3 Å². The van der Waals surface area contributed by atoms with Crippen LogP contribution in [0.1, 0.15) is 6.42 Å². The molecule has 0 saturated heterocycles. The molecule has 0 aromatic rings. The molecule has 0 unspecified atom stereocenters. The quantitative estimate of drug-likeness (QED) is 0.242. The Kier molecular flexibility index (Phi) is 5.46. The van der Waals surface area contributed by atoms with Gasteiger partial charge in [0.25, 0.3) is 11.8 Å².